The van der Waals surface area contributed by atoms with Crippen molar-refractivity contribution in [3.8, 4) is 0 Å². The SMILES string of the molecule is CCC(C)N(CCOC)Cc1sccc1Br. The van der Waals surface area contributed by atoms with E-state index in [0.717, 1.165) is 19.7 Å². The maximum absolute atomic E-state index is 5.17. The predicted octanol–water partition coefficient (Wildman–Crippen LogP) is 3.76. The number of methoxy groups -OCH3 is 1. The van der Waals surface area contributed by atoms with Gasteiger partial charge in [0.1, 0.15) is 0 Å². The van der Waals surface area contributed by atoms with E-state index in [4.69, 9.17) is 4.74 Å². The minimum absolute atomic E-state index is 0.601. The topological polar surface area (TPSA) is 12.5 Å². The predicted molar refractivity (Wildman–Crippen MR) is 74.1 cm³/mol. The average molecular weight is 306 g/mol. The Morgan fingerprint density at radius 2 is 2.31 bits per heavy atom. The fourth-order valence-electron chi connectivity index (χ4n) is 1.54. The van der Waals surface area contributed by atoms with Crippen molar-refractivity contribution < 1.29 is 4.74 Å². The van der Waals surface area contributed by atoms with Gasteiger partial charge < -0.3 is 4.74 Å². The number of rotatable bonds is 7. The van der Waals surface area contributed by atoms with Crippen LogP contribution in [0.3, 0.4) is 0 Å². The van der Waals surface area contributed by atoms with Crippen LogP contribution in [0.2, 0.25) is 0 Å². The zero-order valence-electron chi connectivity index (χ0n) is 10.2. The van der Waals surface area contributed by atoms with Crippen LogP contribution < -0.4 is 0 Å². The summed E-state index contributed by atoms with van der Waals surface area (Å²) in [4.78, 5) is 3.87. The fourth-order valence-corrected chi connectivity index (χ4v) is 3.05. The van der Waals surface area contributed by atoms with Gasteiger partial charge in [-0.25, -0.2) is 0 Å². The first-order chi connectivity index (χ1) is 7.69. The summed E-state index contributed by atoms with van der Waals surface area (Å²) in [6, 6.07) is 2.72. The van der Waals surface area contributed by atoms with Gasteiger partial charge in [0.05, 0.1) is 6.61 Å². The molecule has 4 heteroatoms. The highest BCUT2D eigenvalue weighted by Crippen LogP contribution is 2.25. The number of hydrogen-bond acceptors (Lipinski definition) is 3. The van der Waals surface area contributed by atoms with Crippen molar-refractivity contribution in [3.05, 3.63) is 20.8 Å². The molecule has 2 nitrogen and oxygen atoms in total. The van der Waals surface area contributed by atoms with Gasteiger partial charge in [0.15, 0.2) is 0 Å². The molecule has 16 heavy (non-hydrogen) atoms. The van der Waals surface area contributed by atoms with E-state index in [0.29, 0.717) is 6.04 Å². The smallest absolute Gasteiger partial charge is 0.0589 e. The average Bonchev–Trinajstić information content (AvgIpc) is 2.69. The zero-order chi connectivity index (χ0) is 12.0. The van der Waals surface area contributed by atoms with Gasteiger partial charge in [-0.1, -0.05) is 6.92 Å². The summed E-state index contributed by atoms with van der Waals surface area (Å²) in [7, 11) is 1.76. The Labute approximate surface area is 111 Å². The van der Waals surface area contributed by atoms with Crippen LogP contribution in [0.1, 0.15) is 25.1 Å². The highest BCUT2D eigenvalue weighted by atomic mass is 79.9. The van der Waals surface area contributed by atoms with Gasteiger partial charge in [0.25, 0.3) is 0 Å². The zero-order valence-corrected chi connectivity index (χ0v) is 12.6. The number of nitrogens with zero attached hydrogens (tertiary/aromatic N) is 1. The van der Waals surface area contributed by atoms with Crippen LogP contribution in [0.25, 0.3) is 0 Å². The third-order valence-electron chi connectivity index (χ3n) is 2.83. The van der Waals surface area contributed by atoms with E-state index in [1.807, 2.05) is 11.3 Å². The van der Waals surface area contributed by atoms with E-state index in [1.165, 1.54) is 15.8 Å². The number of halogens is 1. The maximum Gasteiger partial charge on any atom is 0.0589 e. The van der Waals surface area contributed by atoms with Crippen LogP contribution in [0.4, 0.5) is 0 Å². The van der Waals surface area contributed by atoms with Crippen LogP contribution in [-0.2, 0) is 11.3 Å². The van der Waals surface area contributed by atoms with Crippen LogP contribution in [0.5, 0.6) is 0 Å². The Hall–Kier alpha value is 0.100. The molecule has 0 aliphatic rings. The minimum atomic E-state index is 0.601. The molecule has 1 unspecified atom stereocenters. The molecular weight excluding hydrogens is 286 g/mol. The summed E-state index contributed by atoms with van der Waals surface area (Å²) >= 11 is 5.40. The molecule has 0 N–H and O–H groups in total. The lowest BCUT2D eigenvalue weighted by Crippen LogP contribution is -2.34. The lowest BCUT2D eigenvalue weighted by Gasteiger charge is -2.27. The normalized spacial score (nSPS) is 13.3. The molecule has 1 atom stereocenters. The third kappa shape index (κ3) is 4.17. The largest absolute Gasteiger partial charge is 0.383 e. The molecule has 0 fully saturated rings. The van der Waals surface area contributed by atoms with Gasteiger partial charge in [-0.15, -0.1) is 11.3 Å². The molecule has 92 valence electrons. The van der Waals surface area contributed by atoms with Crippen molar-refractivity contribution in [1.29, 1.82) is 0 Å². The number of hydrogen-bond donors (Lipinski definition) is 0. The summed E-state index contributed by atoms with van der Waals surface area (Å²) in [5.41, 5.74) is 0. The van der Waals surface area contributed by atoms with E-state index in [1.54, 1.807) is 7.11 Å². The molecule has 0 bridgehead atoms. The molecule has 0 spiro atoms. The van der Waals surface area contributed by atoms with E-state index >= 15 is 0 Å². The van der Waals surface area contributed by atoms with Gasteiger partial charge >= 0.3 is 0 Å². The molecular formula is C12H20BrNOS. The Bertz CT molecular complexity index is 303. The van der Waals surface area contributed by atoms with Crippen molar-refractivity contribution in [2.75, 3.05) is 20.3 Å². The molecule has 1 heterocycles. The lowest BCUT2D eigenvalue weighted by molar-refractivity contribution is 0.118. The van der Waals surface area contributed by atoms with Crippen molar-refractivity contribution >= 4 is 27.3 Å². The Balaban J connectivity index is 2.59. The van der Waals surface area contributed by atoms with Crippen molar-refractivity contribution in [1.82, 2.24) is 4.90 Å². The van der Waals surface area contributed by atoms with Gasteiger partial charge in [-0.2, -0.15) is 0 Å². The quantitative estimate of drug-likeness (QED) is 0.760. The lowest BCUT2D eigenvalue weighted by atomic mass is 10.2. The summed E-state index contributed by atoms with van der Waals surface area (Å²) in [6.07, 6.45) is 1.17. The van der Waals surface area contributed by atoms with E-state index in [-0.39, 0.29) is 0 Å². The second-order valence-corrected chi connectivity index (χ2v) is 5.77. The summed E-state index contributed by atoms with van der Waals surface area (Å²) in [5, 5.41) is 2.13. The first kappa shape index (κ1) is 14.2. The maximum atomic E-state index is 5.17. The second-order valence-electron chi connectivity index (χ2n) is 3.91. The van der Waals surface area contributed by atoms with Gasteiger partial charge in [0.2, 0.25) is 0 Å². The first-order valence-corrected chi connectivity index (χ1v) is 7.31. The van der Waals surface area contributed by atoms with E-state index in [2.05, 4.69) is 46.1 Å². The van der Waals surface area contributed by atoms with Crippen molar-refractivity contribution in [2.24, 2.45) is 0 Å². The van der Waals surface area contributed by atoms with Crippen LogP contribution >= 0.6 is 27.3 Å². The molecule has 0 aliphatic heterocycles. The highest BCUT2D eigenvalue weighted by Gasteiger charge is 2.14. The fraction of sp³-hybridized carbons (Fsp3) is 0.667. The second kappa shape index (κ2) is 7.43. The standard InChI is InChI=1S/C12H20BrNOS/c1-4-10(2)14(6-7-15-3)9-12-11(13)5-8-16-12/h5,8,10H,4,6-7,9H2,1-3H3. The van der Waals surface area contributed by atoms with Gasteiger partial charge in [-0.3, -0.25) is 4.90 Å². The van der Waals surface area contributed by atoms with Crippen LogP contribution in [0.15, 0.2) is 15.9 Å². The van der Waals surface area contributed by atoms with Gasteiger partial charge in [0, 0.05) is 35.6 Å². The van der Waals surface area contributed by atoms with Crippen molar-refractivity contribution in [3.63, 3.8) is 0 Å². The Kier molecular flexibility index (Phi) is 6.58. The highest BCUT2D eigenvalue weighted by molar-refractivity contribution is 9.10. The van der Waals surface area contributed by atoms with E-state index < -0.39 is 0 Å². The number of thiophene rings is 1. The molecule has 0 radical (unpaired) electrons. The molecule has 1 rings (SSSR count). The summed E-state index contributed by atoms with van der Waals surface area (Å²) in [6.45, 7) is 7.31. The Morgan fingerprint density at radius 1 is 1.56 bits per heavy atom. The van der Waals surface area contributed by atoms with Gasteiger partial charge in [-0.05, 0) is 40.7 Å². The molecule has 0 aromatic carbocycles. The molecule has 0 saturated carbocycles. The molecule has 0 aliphatic carbocycles. The summed E-state index contributed by atoms with van der Waals surface area (Å²) in [5.74, 6) is 0. The number of ether oxygens (including phenoxy) is 1. The van der Waals surface area contributed by atoms with E-state index in [9.17, 15) is 0 Å². The third-order valence-corrected chi connectivity index (χ3v) is 4.75. The summed E-state index contributed by atoms with van der Waals surface area (Å²) < 4.78 is 6.39. The minimum Gasteiger partial charge on any atom is -0.383 e. The first-order valence-electron chi connectivity index (χ1n) is 5.63. The monoisotopic (exact) mass is 305 g/mol. The molecule has 1 aromatic rings. The van der Waals surface area contributed by atoms with Crippen LogP contribution in [-0.4, -0.2) is 31.2 Å². The molecule has 0 amide bonds. The van der Waals surface area contributed by atoms with Crippen molar-refractivity contribution in [2.45, 2.75) is 32.9 Å². The van der Waals surface area contributed by atoms with Crippen LogP contribution in [0, 0.1) is 0 Å². The molecule has 0 saturated heterocycles. The Morgan fingerprint density at radius 3 is 2.81 bits per heavy atom. The molecule has 1 aromatic heterocycles.